The van der Waals surface area contributed by atoms with Crippen LogP contribution in [0.25, 0.3) is 0 Å². The second-order valence-electron chi connectivity index (χ2n) is 3.06. The molecule has 1 aliphatic heterocycles. The molecule has 1 aliphatic rings. The topological polar surface area (TPSA) is 37.4 Å². The molecule has 0 atom stereocenters. The number of hydrogen-bond donors (Lipinski definition) is 0. The lowest BCUT2D eigenvalue weighted by molar-refractivity contribution is -0.121. The summed E-state index contributed by atoms with van der Waals surface area (Å²) in [5.41, 5.74) is 0.313. The predicted molar refractivity (Wildman–Crippen MR) is 50.2 cm³/mol. The van der Waals surface area contributed by atoms with Crippen LogP contribution in [0.5, 0.6) is 0 Å². The van der Waals surface area contributed by atoms with Gasteiger partial charge in [0.1, 0.15) is 0 Å². The van der Waals surface area contributed by atoms with Gasteiger partial charge in [0.2, 0.25) is 0 Å². The third-order valence-corrected chi connectivity index (χ3v) is 1.98. The summed E-state index contributed by atoms with van der Waals surface area (Å²) in [5, 5.41) is 0. The molecule has 0 saturated heterocycles. The number of ketones is 2. The van der Waals surface area contributed by atoms with E-state index in [0.29, 0.717) is 25.1 Å². The highest BCUT2D eigenvalue weighted by molar-refractivity contribution is 6.19. The number of hydrogen-bond acceptors (Lipinski definition) is 3. The Morgan fingerprint density at radius 3 is 3.00 bits per heavy atom. The SMILES string of the molecule is C=CCN1C=C(C(C)=O)C(=O)CC1. The summed E-state index contributed by atoms with van der Waals surface area (Å²) in [6, 6.07) is 0. The third kappa shape index (κ3) is 2.28. The van der Waals surface area contributed by atoms with Crippen molar-refractivity contribution in [1.29, 1.82) is 0 Å². The van der Waals surface area contributed by atoms with Crippen molar-refractivity contribution in [2.75, 3.05) is 13.1 Å². The van der Waals surface area contributed by atoms with Crippen molar-refractivity contribution in [2.45, 2.75) is 13.3 Å². The predicted octanol–water partition coefficient (Wildman–Crippen LogP) is 0.920. The summed E-state index contributed by atoms with van der Waals surface area (Å²) >= 11 is 0. The third-order valence-electron chi connectivity index (χ3n) is 1.98. The first kappa shape index (κ1) is 9.71. The molecular weight excluding hydrogens is 166 g/mol. The van der Waals surface area contributed by atoms with E-state index >= 15 is 0 Å². The molecule has 0 amide bonds. The zero-order valence-corrected chi connectivity index (χ0v) is 7.75. The number of nitrogens with zero attached hydrogens (tertiary/aromatic N) is 1. The molecule has 13 heavy (non-hydrogen) atoms. The molecule has 3 heteroatoms. The van der Waals surface area contributed by atoms with Gasteiger partial charge >= 0.3 is 0 Å². The fourth-order valence-corrected chi connectivity index (χ4v) is 1.30. The van der Waals surface area contributed by atoms with Crippen LogP contribution in [0.15, 0.2) is 24.4 Å². The fraction of sp³-hybridized carbons (Fsp3) is 0.400. The Balaban J connectivity index is 2.81. The van der Waals surface area contributed by atoms with Crippen LogP contribution in [0.4, 0.5) is 0 Å². The largest absolute Gasteiger partial charge is 0.373 e. The Kier molecular flexibility index (Phi) is 3.01. The maximum Gasteiger partial charge on any atom is 0.169 e. The molecule has 0 fully saturated rings. The lowest BCUT2D eigenvalue weighted by Gasteiger charge is -2.23. The van der Waals surface area contributed by atoms with E-state index in [0.717, 1.165) is 0 Å². The van der Waals surface area contributed by atoms with Crippen molar-refractivity contribution in [1.82, 2.24) is 4.90 Å². The van der Waals surface area contributed by atoms with Crippen LogP contribution in [0.3, 0.4) is 0 Å². The summed E-state index contributed by atoms with van der Waals surface area (Å²) in [6.45, 7) is 6.39. The van der Waals surface area contributed by atoms with Gasteiger partial charge < -0.3 is 4.90 Å². The molecule has 0 aromatic rings. The van der Waals surface area contributed by atoms with Gasteiger partial charge in [-0.15, -0.1) is 6.58 Å². The van der Waals surface area contributed by atoms with Crippen LogP contribution in [-0.2, 0) is 9.59 Å². The summed E-state index contributed by atoms with van der Waals surface area (Å²) < 4.78 is 0. The second kappa shape index (κ2) is 4.03. The Morgan fingerprint density at radius 1 is 1.77 bits per heavy atom. The monoisotopic (exact) mass is 179 g/mol. The van der Waals surface area contributed by atoms with Gasteiger partial charge in [0.15, 0.2) is 11.6 Å². The second-order valence-corrected chi connectivity index (χ2v) is 3.06. The highest BCUT2D eigenvalue weighted by Crippen LogP contribution is 2.11. The van der Waals surface area contributed by atoms with E-state index in [1.165, 1.54) is 6.92 Å². The minimum absolute atomic E-state index is 0.0483. The van der Waals surface area contributed by atoms with Crippen molar-refractivity contribution < 1.29 is 9.59 Å². The quantitative estimate of drug-likeness (QED) is 0.477. The van der Waals surface area contributed by atoms with Gasteiger partial charge in [0.05, 0.1) is 5.57 Å². The zero-order chi connectivity index (χ0) is 9.84. The van der Waals surface area contributed by atoms with Gasteiger partial charge in [-0.25, -0.2) is 0 Å². The van der Waals surface area contributed by atoms with E-state index in [-0.39, 0.29) is 11.6 Å². The maximum absolute atomic E-state index is 11.2. The molecule has 0 aliphatic carbocycles. The molecule has 70 valence electrons. The number of carbonyl (C=O) groups excluding carboxylic acids is 2. The van der Waals surface area contributed by atoms with Crippen molar-refractivity contribution >= 4 is 11.6 Å². The molecule has 0 aromatic carbocycles. The minimum atomic E-state index is -0.154. The standard InChI is InChI=1S/C10H13NO2/c1-3-5-11-6-4-10(13)9(7-11)8(2)12/h3,7H,1,4-6H2,2H3. The summed E-state index contributed by atoms with van der Waals surface area (Å²) in [6.07, 6.45) is 3.82. The van der Waals surface area contributed by atoms with Crippen LogP contribution in [0.2, 0.25) is 0 Å². The molecular formula is C10H13NO2. The smallest absolute Gasteiger partial charge is 0.169 e. The Bertz CT molecular complexity index is 279. The maximum atomic E-state index is 11.2. The first-order valence-corrected chi connectivity index (χ1v) is 4.26. The molecule has 0 unspecified atom stereocenters. The summed E-state index contributed by atoms with van der Waals surface area (Å²) in [4.78, 5) is 24.2. The molecule has 0 radical (unpaired) electrons. The number of Topliss-reactive ketones (excluding diaryl/α,β-unsaturated/α-hetero) is 2. The minimum Gasteiger partial charge on any atom is -0.373 e. The van der Waals surface area contributed by atoms with Crippen molar-refractivity contribution in [3.05, 3.63) is 24.4 Å². The summed E-state index contributed by atoms with van der Waals surface area (Å²) in [5.74, 6) is -0.202. The van der Waals surface area contributed by atoms with Crippen molar-refractivity contribution in [2.24, 2.45) is 0 Å². The van der Waals surface area contributed by atoms with Crippen LogP contribution in [0, 0.1) is 0 Å². The van der Waals surface area contributed by atoms with E-state index in [1.54, 1.807) is 12.3 Å². The molecule has 0 saturated carbocycles. The average molecular weight is 179 g/mol. The Morgan fingerprint density at radius 2 is 2.46 bits per heavy atom. The normalized spacial score (nSPS) is 16.8. The lowest BCUT2D eigenvalue weighted by atomic mass is 10.0. The molecule has 1 heterocycles. The van der Waals surface area contributed by atoms with Gasteiger partial charge in [-0.2, -0.15) is 0 Å². The first-order valence-electron chi connectivity index (χ1n) is 4.26. The van der Waals surface area contributed by atoms with Gasteiger partial charge in [0, 0.05) is 25.7 Å². The van der Waals surface area contributed by atoms with Crippen LogP contribution in [-0.4, -0.2) is 29.6 Å². The van der Waals surface area contributed by atoms with Crippen LogP contribution < -0.4 is 0 Å². The van der Waals surface area contributed by atoms with E-state index in [2.05, 4.69) is 6.58 Å². The van der Waals surface area contributed by atoms with E-state index < -0.39 is 0 Å². The first-order chi connectivity index (χ1) is 6.15. The summed E-state index contributed by atoms with van der Waals surface area (Å²) in [7, 11) is 0. The fourth-order valence-electron chi connectivity index (χ4n) is 1.30. The van der Waals surface area contributed by atoms with E-state index in [1.807, 2.05) is 4.90 Å². The van der Waals surface area contributed by atoms with Gasteiger partial charge in [-0.3, -0.25) is 9.59 Å². The lowest BCUT2D eigenvalue weighted by Crippen LogP contribution is -2.29. The molecule has 1 rings (SSSR count). The Hall–Kier alpha value is -1.38. The van der Waals surface area contributed by atoms with Crippen LogP contribution in [0.1, 0.15) is 13.3 Å². The molecule has 0 spiro atoms. The van der Waals surface area contributed by atoms with Gasteiger partial charge in [0.25, 0.3) is 0 Å². The van der Waals surface area contributed by atoms with E-state index in [4.69, 9.17) is 0 Å². The number of carbonyl (C=O) groups is 2. The molecule has 0 aromatic heterocycles. The molecule has 0 bridgehead atoms. The Labute approximate surface area is 77.7 Å². The van der Waals surface area contributed by atoms with E-state index in [9.17, 15) is 9.59 Å². The number of rotatable bonds is 3. The number of allylic oxidation sites excluding steroid dienone is 1. The average Bonchev–Trinajstić information content (AvgIpc) is 2.08. The van der Waals surface area contributed by atoms with Gasteiger partial charge in [-0.05, 0) is 6.92 Å². The van der Waals surface area contributed by atoms with Crippen LogP contribution >= 0.6 is 0 Å². The highest BCUT2D eigenvalue weighted by atomic mass is 16.1. The zero-order valence-electron chi connectivity index (χ0n) is 7.75. The van der Waals surface area contributed by atoms with Crippen molar-refractivity contribution in [3.63, 3.8) is 0 Å². The molecule has 0 N–H and O–H groups in total. The van der Waals surface area contributed by atoms with Crippen molar-refractivity contribution in [3.8, 4) is 0 Å². The van der Waals surface area contributed by atoms with Gasteiger partial charge in [-0.1, -0.05) is 6.08 Å². The highest BCUT2D eigenvalue weighted by Gasteiger charge is 2.20. The molecule has 3 nitrogen and oxygen atoms in total.